The molecule has 0 spiro atoms. The van der Waals surface area contributed by atoms with E-state index in [-0.39, 0.29) is 17.4 Å². The highest BCUT2D eigenvalue weighted by Gasteiger charge is 2.59. The van der Waals surface area contributed by atoms with E-state index in [2.05, 4.69) is 19.2 Å². The Labute approximate surface area is 147 Å². The first-order valence-corrected chi connectivity index (χ1v) is 10.3. The topological polar surface area (TPSA) is 49.3 Å². The summed E-state index contributed by atoms with van der Waals surface area (Å²) in [7, 11) is 0. The summed E-state index contributed by atoms with van der Waals surface area (Å²) < 4.78 is 0. The van der Waals surface area contributed by atoms with Crippen molar-refractivity contribution in [1.29, 1.82) is 0 Å². The van der Waals surface area contributed by atoms with Crippen molar-refractivity contribution >= 4 is 5.91 Å². The first-order valence-electron chi connectivity index (χ1n) is 10.3. The second kappa shape index (κ2) is 5.72. The van der Waals surface area contributed by atoms with Gasteiger partial charge in [-0.2, -0.15) is 0 Å². The Bertz CT molecular complexity index is 520. The molecule has 0 radical (unpaired) electrons. The number of aliphatic hydroxyl groups is 1. The van der Waals surface area contributed by atoms with Crippen LogP contribution in [0.25, 0.3) is 0 Å². The van der Waals surface area contributed by atoms with Gasteiger partial charge in [-0.25, -0.2) is 0 Å². The molecular formula is C21H35NO2. The molecule has 24 heavy (non-hydrogen) atoms. The molecule has 0 aliphatic heterocycles. The summed E-state index contributed by atoms with van der Waals surface area (Å²) in [6, 6.07) is 0.402. The van der Waals surface area contributed by atoms with E-state index in [0.717, 1.165) is 36.5 Å². The Morgan fingerprint density at radius 2 is 1.67 bits per heavy atom. The van der Waals surface area contributed by atoms with Crippen LogP contribution in [0.1, 0.15) is 78.6 Å². The van der Waals surface area contributed by atoms with Gasteiger partial charge in [0, 0.05) is 13.0 Å². The van der Waals surface area contributed by atoms with Crippen LogP contribution in [-0.2, 0) is 4.79 Å². The molecule has 0 aromatic rings. The third kappa shape index (κ3) is 2.37. The predicted molar refractivity (Wildman–Crippen MR) is 95.3 cm³/mol. The summed E-state index contributed by atoms with van der Waals surface area (Å²) in [6.45, 7) is 6.58. The molecule has 4 rings (SSSR count). The van der Waals surface area contributed by atoms with Gasteiger partial charge < -0.3 is 10.4 Å². The smallest absolute Gasteiger partial charge is 0.217 e. The normalized spacial score (nSPS) is 53.7. The monoisotopic (exact) mass is 333 g/mol. The van der Waals surface area contributed by atoms with Crippen LogP contribution in [0, 0.1) is 34.5 Å². The molecule has 8 atom stereocenters. The van der Waals surface area contributed by atoms with Gasteiger partial charge in [0.1, 0.15) is 0 Å². The number of carbonyl (C=O) groups excluding carboxylic acids is 1. The fraction of sp³-hybridized carbons (Fsp3) is 0.952. The predicted octanol–water partition coefficient (Wildman–Crippen LogP) is 3.89. The first kappa shape index (κ1) is 16.9. The minimum Gasteiger partial charge on any atom is -0.393 e. The average molecular weight is 334 g/mol. The van der Waals surface area contributed by atoms with Gasteiger partial charge in [0.25, 0.3) is 0 Å². The first-order chi connectivity index (χ1) is 11.3. The van der Waals surface area contributed by atoms with Crippen molar-refractivity contribution in [3.63, 3.8) is 0 Å². The Morgan fingerprint density at radius 3 is 2.42 bits per heavy atom. The van der Waals surface area contributed by atoms with E-state index in [0.29, 0.717) is 11.5 Å². The van der Waals surface area contributed by atoms with Crippen molar-refractivity contribution in [3.05, 3.63) is 0 Å². The number of amides is 1. The van der Waals surface area contributed by atoms with Gasteiger partial charge in [0.2, 0.25) is 5.91 Å². The highest BCUT2D eigenvalue weighted by Crippen LogP contribution is 2.66. The Morgan fingerprint density at radius 1 is 0.958 bits per heavy atom. The second-order valence-corrected chi connectivity index (χ2v) is 9.97. The molecule has 4 fully saturated rings. The minimum atomic E-state index is -0.0653. The summed E-state index contributed by atoms with van der Waals surface area (Å²) in [5, 5.41) is 13.7. The maximum absolute atomic E-state index is 11.4. The summed E-state index contributed by atoms with van der Waals surface area (Å²) in [4.78, 5) is 11.4. The van der Waals surface area contributed by atoms with E-state index < -0.39 is 0 Å². The van der Waals surface area contributed by atoms with Crippen molar-refractivity contribution in [2.45, 2.75) is 90.7 Å². The van der Waals surface area contributed by atoms with E-state index in [1.807, 2.05) is 0 Å². The molecule has 0 heterocycles. The van der Waals surface area contributed by atoms with Crippen molar-refractivity contribution in [2.75, 3.05) is 0 Å². The standard InChI is InChI=1S/C21H35NO2/c1-13(23)22-15-8-10-20(2)14(12-15)4-5-16-17-6-7-19(24)21(17,3)11-9-18(16)20/h14-19,24H,4-12H2,1-3H3,(H,22,23)/t14-,15+,16+,17+,18+,19+,20+,21+/m1/s1. The number of rotatable bonds is 1. The lowest BCUT2D eigenvalue weighted by Crippen LogP contribution is -2.55. The molecule has 4 aliphatic rings. The van der Waals surface area contributed by atoms with Gasteiger partial charge >= 0.3 is 0 Å². The van der Waals surface area contributed by atoms with Crippen LogP contribution in [0.2, 0.25) is 0 Å². The second-order valence-electron chi connectivity index (χ2n) is 9.97. The minimum absolute atomic E-state index is 0.0653. The number of carbonyl (C=O) groups is 1. The van der Waals surface area contributed by atoms with Gasteiger partial charge in [-0.1, -0.05) is 13.8 Å². The fourth-order valence-electron chi connectivity index (χ4n) is 7.65. The lowest BCUT2D eigenvalue weighted by molar-refractivity contribution is -0.129. The van der Waals surface area contributed by atoms with Crippen LogP contribution in [-0.4, -0.2) is 23.2 Å². The van der Waals surface area contributed by atoms with Crippen LogP contribution in [0.4, 0.5) is 0 Å². The molecular weight excluding hydrogens is 298 g/mol. The van der Waals surface area contributed by atoms with Crippen LogP contribution in [0.3, 0.4) is 0 Å². The zero-order valence-corrected chi connectivity index (χ0v) is 15.7. The maximum Gasteiger partial charge on any atom is 0.217 e. The van der Waals surface area contributed by atoms with Gasteiger partial charge in [-0.05, 0) is 92.3 Å². The number of hydrogen-bond donors (Lipinski definition) is 2. The summed E-state index contributed by atoms with van der Waals surface area (Å²) in [6.07, 6.45) is 11.0. The van der Waals surface area contributed by atoms with Crippen LogP contribution in [0.5, 0.6) is 0 Å². The molecule has 3 heteroatoms. The maximum atomic E-state index is 11.4. The quantitative estimate of drug-likeness (QED) is 0.765. The van der Waals surface area contributed by atoms with E-state index in [4.69, 9.17) is 0 Å². The largest absolute Gasteiger partial charge is 0.393 e. The SMILES string of the molecule is CC(=O)N[C@H]1CC[C@@]2(C)[C@H](CC[C@@H]3[C@@H]2CC[C@]2(C)[C@@H](O)CC[C@@H]32)C1. The highest BCUT2D eigenvalue weighted by atomic mass is 16.3. The van der Waals surface area contributed by atoms with Gasteiger partial charge in [-0.15, -0.1) is 0 Å². The number of fused-ring (bicyclic) bond motifs is 5. The van der Waals surface area contributed by atoms with E-state index in [1.165, 1.54) is 44.9 Å². The Hall–Kier alpha value is -0.570. The molecule has 136 valence electrons. The van der Waals surface area contributed by atoms with Crippen LogP contribution in [0.15, 0.2) is 0 Å². The number of aliphatic hydroxyl groups excluding tert-OH is 1. The number of nitrogens with one attached hydrogen (secondary N) is 1. The molecule has 4 aliphatic carbocycles. The molecule has 3 nitrogen and oxygen atoms in total. The number of hydrogen-bond acceptors (Lipinski definition) is 2. The third-order valence-corrected chi connectivity index (χ3v) is 9.02. The molecule has 0 aromatic heterocycles. The van der Waals surface area contributed by atoms with Gasteiger partial charge in [-0.3, -0.25) is 4.79 Å². The molecule has 2 N–H and O–H groups in total. The Balaban J connectivity index is 1.53. The highest BCUT2D eigenvalue weighted by molar-refractivity contribution is 5.73. The van der Waals surface area contributed by atoms with Gasteiger partial charge in [0.15, 0.2) is 0 Å². The van der Waals surface area contributed by atoms with Crippen LogP contribution >= 0.6 is 0 Å². The average Bonchev–Trinajstić information content (AvgIpc) is 2.83. The van der Waals surface area contributed by atoms with Crippen molar-refractivity contribution < 1.29 is 9.90 Å². The third-order valence-electron chi connectivity index (χ3n) is 9.02. The lowest BCUT2D eigenvalue weighted by atomic mass is 9.45. The molecule has 4 saturated carbocycles. The van der Waals surface area contributed by atoms with Crippen LogP contribution < -0.4 is 5.32 Å². The fourth-order valence-corrected chi connectivity index (χ4v) is 7.65. The van der Waals surface area contributed by atoms with E-state index in [9.17, 15) is 9.90 Å². The van der Waals surface area contributed by atoms with E-state index >= 15 is 0 Å². The van der Waals surface area contributed by atoms with E-state index in [1.54, 1.807) is 6.92 Å². The lowest BCUT2D eigenvalue weighted by Gasteiger charge is -2.61. The van der Waals surface area contributed by atoms with Crippen molar-refractivity contribution in [3.8, 4) is 0 Å². The van der Waals surface area contributed by atoms with Gasteiger partial charge in [0.05, 0.1) is 6.10 Å². The zero-order chi connectivity index (χ0) is 17.1. The van der Waals surface area contributed by atoms with Crippen molar-refractivity contribution in [1.82, 2.24) is 5.32 Å². The van der Waals surface area contributed by atoms with Crippen molar-refractivity contribution in [2.24, 2.45) is 34.5 Å². The Kier molecular flexibility index (Phi) is 4.02. The molecule has 0 unspecified atom stereocenters. The molecule has 1 amide bonds. The zero-order valence-electron chi connectivity index (χ0n) is 15.7. The molecule has 0 saturated heterocycles. The summed E-state index contributed by atoms with van der Waals surface area (Å²) >= 11 is 0. The summed E-state index contributed by atoms with van der Waals surface area (Å²) in [5.41, 5.74) is 0.657. The molecule has 0 aromatic carbocycles. The molecule has 0 bridgehead atoms. The summed E-state index contributed by atoms with van der Waals surface area (Å²) in [5.74, 6) is 3.33.